The zero-order valence-electron chi connectivity index (χ0n) is 35.1. The number of hydrogen-bond acceptors (Lipinski definition) is 1. The first kappa shape index (κ1) is 35.7. The van der Waals surface area contributed by atoms with Gasteiger partial charge in [-0.25, -0.2) is 0 Å². The van der Waals surface area contributed by atoms with Crippen LogP contribution in [0.2, 0.25) is 0 Å². The van der Waals surface area contributed by atoms with Crippen LogP contribution in [-0.2, 0) is 16.2 Å². The summed E-state index contributed by atoms with van der Waals surface area (Å²) in [5.74, 6) is 0. The monoisotopic (exact) mass is 759 g/mol. The quantitative estimate of drug-likeness (QED) is 0.173. The molecule has 0 aliphatic heterocycles. The van der Waals surface area contributed by atoms with E-state index in [9.17, 15) is 0 Å². The number of hydrogen-bond donors (Lipinski definition) is 0. The third kappa shape index (κ3) is 5.17. The molecule has 0 unspecified atom stereocenters. The lowest BCUT2D eigenvalue weighted by Gasteiger charge is -2.32. The number of benzene rings is 9. The van der Waals surface area contributed by atoms with Crippen LogP contribution in [0.1, 0.15) is 76.3 Å². The SMILES string of the molecule is CC(C)(C)c1ccc(N(c2ccc3c(c2)-c2c(ccc4ccccc24)C3(C)C)c2ccc3ccccc3c2-c2ccc3c(c2)C(C)(C)c2ccccc2-3)c2ccccc12. The standard InChI is InChI=1S/C58H49N/c1-56(2,3)47-31-33-52(45-22-13-12-21-43(45)47)59(39-27-30-49-46(35-39)55-41-19-11-9-16-36(41)25-29-50(55)57(49,4)5)53-32-26-37-17-8-10-18-40(37)54(53)38-24-28-44-42-20-14-15-23-48(42)58(6,7)51(44)34-38/h8-35H,1-7H3. The summed E-state index contributed by atoms with van der Waals surface area (Å²) < 4.78 is 0. The number of anilines is 3. The molecule has 9 aromatic carbocycles. The van der Waals surface area contributed by atoms with Crippen molar-refractivity contribution in [1.82, 2.24) is 0 Å². The summed E-state index contributed by atoms with van der Waals surface area (Å²) in [6.07, 6.45) is 0. The minimum atomic E-state index is -0.123. The molecule has 286 valence electrons. The summed E-state index contributed by atoms with van der Waals surface area (Å²) in [4.78, 5) is 2.57. The lowest BCUT2D eigenvalue weighted by atomic mass is 9.81. The van der Waals surface area contributed by atoms with E-state index < -0.39 is 0 Å². The maximum atomic E-state index is 2.57. The normalized spacial score (nSPS) is 14.6. The van der Waals surface area contributed by atoms with Crippen molar-refractivity contribution in [1.29, 1.82) is 0 Å². The highest BCUT2D eigenvalue weighted by Gasteiger charge is 2.38. The Morgan fingerprint density at radius 3 is 1.69 bits per heavy atom. The van der Waals surface area contributed by atoms with E-state index in [1.807, 2.05) is 0 Å². The van der Waals surface area contributed by atoms with Crippen LogP contribution in [0.3, 0.4) is 0 Å². The van der Waals surface area contributed by atoms with Crippen LogP contribution in [0.4, 0.5) is 17.1 Å². The first-order valence-electron chi connectivity index (χ1n) is 21.2. The maximum Gasteiger partial charge on any atom is 0.0546 e. The molecule has 2 aliphatic carbocycles. The van der Waals surface area contributed by atoms with Gasteiger partial charge in [0.15, 0.2) is 0 Å². The van der Waals surface area contributed by atoms with Crippen LogP contribution in [0, 0.1) is 0 Å². The Kier molecular flexibility index (Phi) is 7.58. The molecule has 0 fully saturated rings. The average Bonchev–Trinajstić information content (AvgIpc) is 3.62. The van der Waals surface area contributed by atoms with Crippen molar-refractivity contribution in [2.75, 3.05) is 4.90 Å². The van der Waals surface area contributed by atoms with Gasteiger partial charge in [0.25, 0.3) is 0 Å². The van der Waals surface area contributed by atoms with Crippen LogP contribution in [-0.4, -0.2) is 0 Å². The second-order valence-corrected chi connectivity index (χ2v) is 18.9. The van der Waals surface area contributed by atoms with Gasteiger partial charge in [0.05, 0.1) is 11.4 Å². The molecule has 0 amide bonds. The molecule has 0 saturated heterocycles. The molecule has 0 bridgehead atoms. The van der Waals surface area contributed by atoms with Crippen molar-refractivity contribution in [2.45, 2.75) is 64.7 Å². The van der Waals surface area contributed by atoms with Crippen LogP contribution < -0.4 is 4.90 Å². The Hall–Kier alpha value is -6.44. The van der Waals surface area contributed by atoms with Crippen molar-refractivity contribution in [3.05, 3.63) is 198 Å². The maximum absolute atomic E-state index is 2.57. The molecule has 59 heavy (non-hydrogen) atoms. The zero-order valence-corrected chi connectivity index (χ0v) is 35.1. The topological polar surface area (TPSA) is 3.24 Å². The van der Waals surface area contributed by atoms with Crippen molar-refractivity contribution >= 4 is 49.4 Å². The van der Waals surface area contributed by atoms with Gasteiger partial charge in [0.2, 0.25) is 0 Å². The van der Waals surface area contributed by atoms with Crippen LogP contribution in [0.5, 0.6) is 0 Å². The minimum absolute atomic E-state index is 0.0181. The van der Waals surface area contributed by atoms with Crippen LogP contribution >= 0.6 is 0 Å². The predicted octanol–water partition coefficient (Wildman–Crippen LogP) is 16.2. The molecule has 0 aromatic heterocycles. The molecule has 0 spiro atoms. The van der Waals surface area contributed by atoms with E-state index in [0.29, 0.717) is 0 Å². The predicted molar refractivity (Wildman–Crippen MR) is 253 cm³/mol. The van der Waals surface area contributed by atoms with Gasteiger partial charge in [0, 0.05) is 27.5 Å². The van der Waals surface area contributed by atoms with Gasteiger partial charge >= 0.3 is 0 Å². The second-order valence-electron chi connectivity index (χ2n) is 18.9. The summed E-state index contributed by atoms with van der Waals surface area (Å²) in [5.41, 5.74) is 18.0. The van der Waals surface area contributed by atoms with Gasteiger partial charge in [0.1, 0.15) is 0 Å². The molecule has 1 nitrogen and oxygen atoms in total. The highest BCUT2D eigenvalue weighted by Crippen LogP contribution is 2.55. The molecule has 2 aliphatic rings. The largest absolute Gasteiger partial charge is 0.309 e. The fraction of sp³-hybridized carbons (Fsp3) is 0.172. The van der Waals surface area contributed by atoms with E-state index in [4.69, 9.17) is 0 Å². The summed E-state index contributed by atoms with van der Waals surface area (Å²) >= 11 is 0. The average molecular weight is 760 g/mol. The third-order valence-electron chi connectivity index (χ3n) is 13.8. The Bertz CT molecular complexity index is 3210. The van der Waals surface area contributed by atoms with Crippen LogP contribution in [0.25, 0.3) is 65.7 Å². The summed E-state index contributed by atoms with van der Waals surface area (Å²) in [5, 5.41) is 7.61. The molecule has 0 heterocycles. The van der Waals surface area contributed by atoms with E-state index in [-0.39, 0.29) is 16.2 Å². The van der Waals surface area contributed by atoms with E-state index in [2.05, 4.69) is 223 Å². The molecular formula is C58H49N. The van der Waals surface area contributed by atoms with Crippen molar-refractivity contribution < 1.29 is 0 Å². The smallest absolute Gasteiger partial charge is 0.0546 e. The first-order valence-corrected chi connectivity index (χ1v) is 21.2. The van der Waals surface area contributed by atoms with Crippen molar-refractivity contribution in [2.24, 2.45) is 0 Å². The molecular weight excluding hydrogens is 711 g/mol. The summed E-state index contributed by atoms with van der Waals surface area (Å²) in [6, 6.07) is 64.4. The lowest BCUT2D eigenvalue weighted by molar-refractivity contribution is 0.596. The third-order valence-corrected chi connectivity index (χ3v) is 13.8. The van der Waals surface area contributed by atoms with Gasteiger partial charge in [-0.15, -0.1) is 0 Å². The first-order chi connectivity index (χ1) is 28.4. The molecule has 0 radical (unpaired) electrons. The van der Waals surface area contributed by atoms with Gasteiger partial charge < -0.3 is 4.90 Å². The summed E-state index contributed by atoms with van der Waals surface area (Å²) in [6.45, 7) is 16.5. The Morgan fingerprint density at radius 1 is 0.390 bits per heavy atom. The van der Waals surface area contributed by atoms with Gasteiger partial charge in [-0.05, 0) is 118 Å². The zero-order chi connectivity index (χ0) is 40.4. The molecule has 11 rings (SSSR count). The van der Waals surface area contributed by atoms with E-state index in [1.54, 1.807) is 0 Å². The van der Waals surface area contributed by atoms with E-state index in [0.717, 1.165) is 5.69 Å². The van der Waals surface area contributed by atoms with Crippen molar-refractivity contribution in [3.8, 4) is 33.4 Å². The Morgan fingerprint density at radius 2 is 0.949 bits per heavy atom. The Balaban J connectivity index is 1.23. The fourth-order valence-electron chi connectivity index (χ4n) is 10.8. The number of rotatable bonds is 4. The number of nitrogens with zero attached hydrogens (tertiary/aromatic N) is 1. The Labute approximate surface area is 348 Å². The van der Waals surface area contributed by atoms with Gasteiger partial charge in [-0.1, -0.05) is 188 Å². The molecule has 0 atom stereocenters. The van der Waals surface area contributed by atoms with E-state index >= 15 is 0 Å². The minimum Gasteiger partial charge on any atom is -0.309 e. The van der Waals surface area contributed by atoms with Gasteiger partial charge in [-0.3, -0.25) is 0 Å². The number of fused-ring (bicyclic) bond motifs is 10. The summed E-state index contributed by atoms with van der Waals surface area (Å²) in [7, 11) is 0. The molecule has 0 N–H and O–H groups in total. The molecule has 1 heteroatoms. The van der Waals surface area contributed by atoms with Crippen LogP contribution in [0.15, 0.2) is 170 Å². The highest BCUT2D eigenvalue weighted by molar-refractivity contribution is 6.10. The fourth-order valence-corrected chi connectivity index (χ4v) is 10.8. The van der Waals surface area contributed by atoms with Gasteiger partial charge in [-0.2, -0.15) is 0 Å². The second kappa shape index (κ2) is 12.5. The molecule has 9 aromatic rings. The van der Waals surface area contributed by atoms with E-state index in [1.165, 1.54) is 105 Å². The highest BCUT2D eigenvalue weighted by atomic mass is 15.1. The van der Waals surface area contributed by atoms with Crippen molar-refractivity contribution in [3.63, 3.8) is 0 Å². The lowest BCUT2D eigenvalue weighted by Crippen LogP contribution is -2.17. The molecule has 0 saturated carbocycles.